The number of alkyl halides is 2. The van der Waals surface area contributed by atoms with E-state index in [9.17, 15) is 13.9 Å². The molecule has 0 amide bonds. The topological polar surface area (TPSA) is 69.4 Å². The zero-order valence-electron chi connectivity index (χ0n) is 17.7. The molecule has 0 radical (unpaired) electrons. The SMILES string of the molecule is Cc1cc(-c2nc(-c3ccc(OC(F)F)c(CO)c3)n3c2CCO[C@H](C)C3)cc(C)n1. The molecule has 0 spiro atoms. The second-order valence-electron chi connectivity index (χ2n) is 7.77. The molecule has 0 saturated heterocycles. The van der Waals surface area contributed by atoms with E-state index in [1.165, 1.54) is 6.07 Å². The summed E-state index contributed by atoms with van der Waals surface area (Å²) in [5, 5.41) is 9.69. The van der Waals surface area contributed by atoms with Crippen LogP contribution >= 0.6 is 0 Å². The standard InChI is InChI=1S/C23H25F2N3O3/c1-13-8-17(9-14(2)26-13)21-19-6-7-30-15(3)11-28(19)22(27-21)16-4-5-20(31-23(24)25)18(10-16)12-29/h4-5,8-10,15,23,29H,6-7,11-12H2,1-3H3/t15-/m1/s1. The van der Waals surface area contributed by atoms with Crippen LogP contribution in [0.3, 0.4) is 0 Å². The number of aliphatic hydroxyl groups is 1. The molecule has 0 aliphatic carbocycles. The summed E-state index contributed by atoms with van der Waals surface area (Å²) in [6.45, 7) is 3.74. The fourth-order valence-electron chi connectivity index (χ4n) is 4.08. The van der Waals surface area contributed by atoms with Crippen molar-refractivity contribution >= 4 is 0 Å². The molecule has 1 atom stereocenters. The molecule has 1 aromatic carbocycles. The van der Waals surface area contributed by atoms with E-state index >= 15 is 0 Å². The third-order valence-electron chi connectivity index (χ3n) is 5.31. The third kappa shape index (κ3) is 4.45. The highest BCUT2D eigenvalue weighted by molar-refractivity contribution is 5.70. The molecule has 3 heterocycles. The molecule has 0 saturated carbocycles. The Labute approximate surface area is 179 Å². The van der Waals surface area contributed by atoms with Gasteiger partial charge < -0.3 is 19.1 Å². The lowest BCUT2D eigenvalue weighted by Gasteiger charge is -2.14. The minimum absolute atomic E-state index is 0.00159. The third-order valence-corrected chi connectivity index (χ3v) is 5.31. The number of pyridine rings is 1. The largest absolute Gasteiger partial charge is 0.434 e. The molecule has 1 aliphatic rings. The average Bonchev–Trinajstić information content (AvgIpc) is 2.94. The van der Waals surface area contributed by atoms with Crippen LogP contribution in [0.25, 0.3) is 22.6 Å². The van der Waals surface area contributed by atoms with Gasteiger partial charge in [-0.2, -0.15) is 8.78 Å². The van der Waals surface area contributed by atoms with Crippen molar-refractivity contribution in [3.63, 3.8) is 0 Å². The molecule has 0 unspecified atom stereocenters. The van der Waals surface area contributed by atoms with Crippen molar-refractivity contribution in [3.05, 3.63) is 53.0 Å². The summed E-state index contributed by atoms with van der Waals surface area (Å²) in [7, 11) is 0. The Hall–Kier alpha value is -2.84. The molecule has 2 aromatic heterocycles. The minimum atomic E-state index is -2.96. The monoisotopic (exact) mass is 429 g/mol. The molecule has 1 aliphatic heterocycles. The second-order valence-corrected chi connectivity index (χ2v) is 7.77. The van der Waals surface area contributed by atoms with Gasteiger partial charge in [0.1, 0.15) is 11.6 Å². The van der Waals surface area contributed by atoms with Gasteiger partial charge in [0.2, 0.25) is 0 Å². The zero-order chi connectivity index (χ0) is 22.1. The summed E-state index contributed by atoms with van der Waals surface area (Å²) in [6, 6.07) is 8.81. The van der Waals surface area contributed by atoms with Crippen molar-refractivity contribution in [2.24, 2.45) is 0 Å². The van der Waals surface area contributed by atoms with Gasteiger partial charge in [0.05, 0.1) is 31.6 Å². The summed E-state index contributed by atoms with van der Waals surface area (Å²) in [6.07, 6.45) is 0.703. The number of aryl methyl sites for hydroxylation is 2. The molecule has 164 valence electrons. The predicted octanol–water partition coefficient (Wildman–Crippen LogP) is 4.28. The molecule has 8 heteroatoms. The van der Waals surface area contributed by atoms with Gasteiger partial charge in [-0.25, -0.2) is 4.98 Å². The van der Waals surface area contributed by atoms with Gasteiger partial charge in [0.25, 0.3) is 0 Å². The molecular formula is C23H25F2N3O3. The molecule has 3 aromatic rings. The summed E-state index contributed by atoms with van der Waals surface area (Å²) >= 11 is 0. The maximum absolute atomic E-state index is 12.7. The summed E-state index contributed by atoms with van der Waals surface area (Å²) in [5.41, 5.74) is 5.72. The number of fused-ring (bicyclic) bond motifs is 1. The molecule has 0 fully saturated rings. The Balaban J connectivity index is 1.87. The molecular weight excluding hydrogens is 404 g/mol. The van der Waals surface area contributed by atoms with E-state index in [0.717, 1.165) is 33.9 Å². The van der Waals surface area contributed by atoms with E-state index < -0.39 is 13.2 Å². The fourth-order valence-corrected chi connectivity index (χ4v) is 4.08. The number of ether oxygens (including phenoxy) is 2. The van der Waals surface area contributed by atoms with Crippen LogP contribution in [-0.4, -0.2) is 39.0 Å². The van der Waals surface area contributed by atoms with Crippen LogP contribution in [0.2, 0.25) is 0 Å². The maximum Gasteiger partial charge on any atom is 0.387 e. The van der Waals surface area contributed by atoms with Gasteiger partial charge >= 0.3 is 6.61 Å². The highest BCUT2D eigenvalue weighted by Crippen LogP contribution is 2.34. The van der Waals surface area contributed by atoms with E-state index in [-0.39, 0.29) is 17.4 Å². The molecule has 4 rings (SSSR count). The van der Waals surface area contributed by atoms with Gasteiger partial charge in [-0.3, -0.25) is 4.98 Å². The Kier molecular flexibility index (Phi) is 6.02. The average molecular weight is 429 g/mol. The number of hydrogen-bond donors (Lipinski definition) is 1. The summed E-state index contributed by atoms with van der Waals surface area (Å²) < 4.78 is 37.9. The minimum Gasteiger partial charge on any atom is -0.434 e. The van der Waals surface area contributed by atoms with Crippen molar-refractivity contribution in [2.75, 3.05) is 6.61 Å². The van der Waals surface area contributed by atoms with Gasteiger partial charge in [-0.15, -0.1) is 0 Å². The first-order valence-electron chi connectivity index (χ1n) is 10.2. The first-order chi connectivity index (χ1) is 14.9. The molecule has 0 bridgehead atoms. The first kappa shape index (κ1) is 21.4. The number of halogens is 2. The van der Waals surface area contributed by atoms with E-state index in [2.05, 4.69) is 14.3 Å². The summed E-state index contributed by atoms with van der Waals surface area (Å²) in [5.74, 6) is 0.661. The Morgan fingerprint density at radius 1 is 1.16 bits per heavy atom. The van der Waals surface area contributed by atoms with Crippen molar-refractivity contribution in [2.45, 2.75) is 53.1 Å². The smallest absolute Gasteiger partial charge is 0.387 e. The summed E-state index contributed by atoms with van der Waals surface area (Å²) in [4.78, 5) is 9.43. The van der Waals surface area contributed by atoms with Gasteiger partial charge in [0, 0.05) is 40.2 Å². The highest BCUT2D eigenvalue weighted by atomic mass is 19.3. The van der Waals surface area contributed by atoms with Crippen LogP contribution in [0.5, 0.6) is 5.75 Å². The Morgan fingerprint density at radius 2 is 1.90 bits per heavy atom. The lowest BCUT2D eigenvalue weighted by atomic mass is 10.1. The van der Waals surface area contributed by atoms with Gasteiger partial charge in [-0.05, 0) is 51.1 Å². The van der Waals surface area contributed by atoms with Crippen LogP contribution < -0.4 is 4.74 Å². The lowest BCUT2D eigenvalue weighted by Crippen LogP contribution is -2.15. The second kappa shape index (κ2) is 8.72. The van der Waals surface area contributed by atoms with Crippen LogP contribution in [-0.2, 0) is 24.3 Å². The fraction of sp³-hybridized carbons (Fsp3) is 0.391. The van der Waals surface area contributed by atoms with Crippen molar-refractivity contribution in [3.8, 4) is 28.4 Å². The van der Waals surface area contributed by atoms with Crippen molar-refractivity contribution in [1.29, 1.82) is 0 Å². The van der Waals surface area contributed by atoms with E-state index in [1.54, 1.807) is 12.1 Å². The normalized spacial score (nSPS) is 16.3. The number of benzene rings is 1. The Morgan fingerprint density at radius 3 is 2.58 bits per heavy atom. The number of nitrogens with zero attached hydrogens (tertiary/aromatic N) is 3. The van der Waals surface area contributed by atoms with E-state index in [4.69, 9.17) is 9.72 Å². The van der Waals surface area contributed by atoms with E-state index in [1.807, 2.05) is 32.9 Å². The van der Waals surface area contributed by atoms with Crippen LogP contribution in [0.1, 0.15) is 29.6 Å². The quantitative estimate of drug-likeness (QED) is 0.656. The molecule has 6 nitrogen and oxygen atoms in total. The predicted molar refractivity (Wildman–Crippen MR) is 112 cm³/mol. The molecule has 31 heavy (non-hydrogen) atoms. The number of aliphatic hydroxyl groups excluding tert-OH is 1. The highest BCUT2D eigenvalue weighted by Gasteiger charge is 2.24. The van der Waals surface area contributed by atoms with Crippen molar-refractivity contribution in [1.82, 2.24) is 14.5 Å². The molecule has 1 N–H and O–H groups in total. The van der Waals surface area contributed by atoms with Crippen LogP contribution in [0.4, 0.5) is 8.78 Å². The van der Waals surface area contributed by atoms with Gasteiger partial charge in [-0.1, -0.05) is 0 Å². The van der Waals surface area contributed by atoms with E-state index in [0.29, 0.717) is 25.4 Å². The first-order valence-corrected chi connectivity index (χ1v) is 10.2. The van der Waals surface area contributed by atoms with Crippen molar-refractivity contribution < 1.29 is 23.4 Å². The zero-order valence-corrected chi connectivity index (χ0v) is 17.7. The lowest BCUT2D eigenvalue weighted by molar-refractivity contribution is -0.0509. The Bertz CT molecular complexity index is 1080. The maximum atomic E-state index is 12.7. The number of aromatic nitrogens is 3. The van der Waals surface area contributed by atoms with Crippen LogP contribution in [0.15, 0.2) is 30.3 Å². The van der Waals surface area contributed by atoms with Gasteiger partial charge in [0.15, 0.2) is 0 Å². The van der Waals surface area contributed by atoms with Crippen LogP contribution in [0, 0.1) is 13.8 Å². The number of hydrogen-bond acceptors (Lipinski definition) is 5. The number of imidazole rings is 1. The number of rotatable bonds is 5.